The molecule has 1 atom stereocenters. The molecule has 0 radical (unpaired) electrons. The highest BCUT2D eigenvalue weighted by molar-refractivity contribution is 5.82. The van der Waals surface area contributed by atoms with Crippen LogP contribution in [0.5, 0.6) is 0 Å². The van der Waals surface area contributed by atoms with Crippen LogP contribution in [0.15, 0.2) is 29.7 Å². The molecule has 0 aliphatic carbocycles. The van der Waals surface area contributed by atoms with Crippen LogP contribution in [0, 0.1) is 5.92 Å². The Balaban J connectivity index is 2.28. The van der Waals surface area contributed by atoms with Gasteiger partial charge in [-0.2, -0.15) is 0 Å². The fraction of sp³-hybridized carbons (Fsp3) is 0.400. The van der Waals surface area contributed by atoms with Crippen LogP contribution in [0.4, 0.5) is 0 Å². The van der Waals surface area contributed by atoms with E-state index in [1.807, 2.05) is 19.1 Å². The van der Waals surface area contributed by atoms with Crippen LogP contribution >= 0.6 is 0 Å². The highest BCUT2D eigenvalue weighted by Gasteiger charge is 2.06. The van der Waals surface area contributed by atoms with Gasteiger partial charge in [0.2, 0.25) is 0 Å². The van der Waals surface area contributed by atoms with E-state index >= 15 is 0 Å². The number of hydrogen-bond donors (Lipinski definition) is 3. The van der Waals surface area contributed by atoms with Gasteiger partial charge in [0.1, 0.15) is 5.84 Å². The summed E-state index contributed by atoms with van der Waals surface area (Å²) in [5.74, 6) is 0.264. The number of pyridine rings is 1. The van der Waals surface area contributed by atoms with Gasteiger partial charge < -0.3 is 16.3 Å². The summed E-state index contributed by atoms with van der Waals surface area (Å²) < 4.78 is 0. The summed E-state index contributed by atoms with van der Waals surface area (Å²) in [5, 5.41) is 14.6. The van der Waals surface area contributed by atoms with Crippen molar-refractivity contribution < 1.29 is 5.21 Å². The van der Waals surface area contributed by atoms with Gasteiger partial charge in [0.25, 0.3) is 0 Å². The molecule has 0 aromatic carbocycles. The molecule has 0 amide bonds. The normalized spacial score (nSPS) is 13.8. The van der Waals surface area contributed by atoms with E-state index in [9.17, 15) is 0 Å². The third-order valence-electron chi connectivity index (χ3n) is 2.12. The van der Waals surface area contributed by atoms with Crippen LogP contribution in [0.1, 0.15) is 12.5 Å². The Labute approximate surface area is 89.0 Å². The molecule has 15 heavy (non-hydrogen) atoms. The molecule has 1 heterocycles. The second-order valence-electron chi connectivity index (χ2n) is 3.42. The summed E-state index contributed by atoms with van der Waals surface area (Å²) >= 11 is 0. The number of oxime groups is 1. The van der Waals surface area contributed by atoms with Crippen molar-refractivity contribution in [2.75, 3.05) is 6.54 Å². The molecule has 4 N–H and O–H groups in total. The van der Waals surface area contributed by atoms with Gasteiger partial charge in [-0.15, -0.1) is 0 Å². The first kappa shape index (κ1) is 11.5. The summed E-state index contributed by atoms with van der Waals surface area (Å²) in [6.07, 6.45) is 3.55. The van der Waals surface area contributed by atoms with Crippen molar-refractivity contribution in [2.45, 2.75) is 13.5 Å². The van der Waals surface area contributed by atoms with E-state index in [1.165, 1.54) is 0 Å². The van der Waals surface area contributed by atoms with Gasteiger partial charge >= 0.3 is 0 Å². The molecule has 1 unspecified atom stereocenters. The highest BCUT2D eigenvalue weighted by Crippen LogP contribution is 1.96. The molecule has 1 rings (SSSR count). The number of rotatable bonds is 5. The maximum absolute atomic E-state index is 8.45. The van der Waals surface area contributed by atoms with Crippen LogP contribution in [0.3, 0.4) is 0 Å². The van der Waals surface area contributed by atoms with Crippen molar-refractivity contribution in [3.05, 3.63) is 30.1 Å². The second kappa shape index (κ2) is 5.98. The molecule has 0 spiro atoms. The van der Waals surface area contributed by atoms with Crippen LogP contribution in [-0.2, 0) is 6.54 Å². The molecule has 0 aliphatic heterocycles. The topological polar surface area (TPSA) is 83.5 Å². The highest BCUT2D eigenvalue weighted by atomic mass is 16.4. The van der Waals surface area contributed by atoms with Crippen molar-refractivity contribution in [1.82, 2.24) is 10.3 Å². The van der Waals surface area contributed by atoms with Crippen LogP contribution in [0.2, 0.25) is 0 Å². The van der Waals surface area contributed by atoms with E-state index in [4.69, 9.17) is 10.9 Å². The van der Waals surface area contributed by atoms with Gasteiger partial charge in [0.05, 0.1) is 0 Å². The van der Waals surface area contributed by atoms with Crippen LogP contribution in [-0.4, -0.2) is 22.6 Å². The average Bonchev–Trinajstić information content (AvgIpc) is 2.29. The molecule has 0 fully saturated rings. The SMILES string of the molecule is CC(CNCc1cccnc1)C(N)=NO. The van der Waals surface area contributed by atoms with Crippen molar-refractivity contribution >= 4 is 5.84 Å². The van der Waals surface area contributed by atoms with E-state index in [-0.39, 0.29) is 11.8 Å². The van der Waals surface area contributed by atoms with Crippen LogP contribution < -0.4 is 11.1 Å². The van der Waals surface area contributed by atoms with Crippen molar-refractivity contribution in [2.24, 2.45) is 16.8 Å². The number of nitrogens with one attached hydrogen (secondary N) is 1. The summed E-state index contributed by atoms with van der Waals surface area (Å²) in [5.41, 5.74) is 6.56. The van der Waals surface area contributed by atoms with Gasteiger partial charge in [-0.25, -0.2) is 0 Å². The molecular formula is C10H16N4O. The summed E-state index contributed by atoms with van der Waals surface area (Å²) in [7, 11) is 0. The van der Waals surface area contributed by atoms with Gasteiger partial charge in [-0.1, -0.05) is 18.1 Å². The zero-order valence-electron chi connectivity index (χ0n) is 8.72. The van der Waals surface area contributed by atoms with Gasteiger partial charge in [0, 0.05) is 31.4 Å². The summed E-state index contributed by atoms with van der Waals surface area (Å²) in [6.45, 7) is 3.30. The third-order valence-corrected chi connectivity index (χ3v) is 2.12. The third kappa shape index (κ3) is 3.95. The lowest BCUT2D eigenvalue weighted by Crippen LogP contribution is -2.31. The largest absolute Gasteiger partial charge is 0.409 e. The van der Waals surface area contributed by atoms with E-state index in [0.717, 1.165) is 12.1 Å². The Morgan fingerprint density at radius 1 is 1.73 bits per heavy atom. The molecule has 1 aromatic heterocycles. The number of nitrogens with zero attached hydrogens (tertiary/aromatic N) is 2. The Morgan fingerprint density at radius 3 is 3.13 bits per heavy atom. The Morgan fingerprint density at radius 2 is 2.53 bits per heavy atom. The fourth-order valence-electron chi connectivity index (χ4n) is 1.14. The zero-order valence-corrected chi connectivity index (χ0v) is 8.72. The Hall–Kier alpha value is -1.62. The molecule has 1 aromatic rings. The minimum absolute atomic E-state index is 0.0201. The standard InChI is InChI=1S/C10H16N4O/c1-8(10(11)14-15)5-13-7-9-3-2-4-12-6-9/h2-4,6,8,13,15H,5,7H2,1H3,(H2,11,14). The molecule has 5 nitrogen and oxygen atoms in total. The van der Waals surface area contributed by atoms with E-state index in [2.05, 4.69) is 15.5 Å². The smallest absolute Gasteiger partial charge is 0.143 e. The van der Waals surface area contributed by atoms with Gasteiger partial charge in [-0.05, 0) is 11.6 Å². The number of aromatic nitrogens is 1. The minimum Gasteiger partial charge on any atom is -0.409 e. The predicted octanol–water partition coefficient (Wildman–Crippen LogP) is 0.554. The van der Waals surface area contributed by atoms with Gasteiger partial charge in [0.15, 0.2) is 0 Å². The molecule has 0 saturated heterocycles. The maximum atomic E-state index is 8.45. The lowest BCUT2D eigenvalue weighted by atomic mass is 10.1. The lowest BCUT2D eigenvalue weighted by Gasteiger charge is -2.10. The maximum Gasteiger partial charge on any atom is 0.143 e. The van der Waals surface area contributed by atoms with E-state index in [1.54, 1.807) is 12.4 Å². The zero-order chi connectivity index (χ0) is 11.1. The van der Waals surface area contributed by atoms with Crippen molar-refractivity contribution in [3.63, 3.8) is 0 Å². The van der Waals surface area contributed by atoms with Crippen molar-refractivity contribution in [3.8, 4) is 0 Å². The first-order chi connectivity index (χ1) is 7.24. The Kier molecular flexibility index (Phi) is 4.56. The average molecular weight is 208 g/mol. The number of nitrogens with two attached hydrogens (primary N) is 1. The molecule has 5 heteroatoms. The quantitative estimate of drug-likeness (QED) is 0.285. The predicted molar refractivity (Wildman–Crippen MR) is 58.5 cm³/mol. The van der Waals surface area contributed by atoms with Crippen molar-refractivity contribution in [1.29, 1.82) is 0 Å². The fourth-order valence-corrected chi connectivity index (χ4v) is 1.14. The molecule has 0 aliphatic rings. The number of hydrogen-bond acceptors (Lipinski definition) is 4. The van der Waals surface area contributed by atoms with E-state index in [0.29, 0.717) is 6.54 Å². The first-order valence-electron chi connectivity index (χ1n) is 4.81. The molecule has 82 valence electrons. The molecular weight excluding hydrogens is 192 g/mol. The lowest BCUT2D eigenvalue weighted by molar-refractivity contribution is 0.314. The molecule has 0 bridgehead atoms. The van der Waals surface area contributed by atoms with Gasteiger partial charge in [-0.3, -0.25) is 4.98 Å². The summed E-state index contributed by atoms with van der Waals surface area (Å²) in [4.78, 5) is 4.01. The Bertz CT molecular complexity index is 312. The number of amidine groups is 1. The summed E-state index contributed by atoms with van der Waals surface area (Å²) in [6, 6.07) is 3.89. The second-order valence-corrected chi connectivity index (χ2v) is 3.42. The molecule has 0 saturated carbocycles. The van der Waals surface area contributed by atoms with Crippen LogP contribution in [0.25, 0.3) is 0 Å². The monoisotopic (exact) mass is 208 g/mol. The van der Waals surface area contributed by atoms with E-state index < -0.39 is 0 Å². The minimum atomic E-state index is 0.0201. The first-order valence-corrected chi connectivity index (χ1v) is 4.81.